The van der Waals surface area contributed by atoms with Crippen molar-refractivity contribution in [1.29, 1.82) is 0 Å². The zero-order valence-electron chi connectivity index (χ0n) is 13.8. The number of carboxylic acid groups (broad SMARTS) is 1. The number of imidazole rings is 1. The molecule has 3 N–H and O–H groups in total. The topological polar surface area (TPSA) is 130 Å². The number of H-pyrrole nitrogens is 1. The second kappa shape index (κ2) is 7.60. The van der Waals surface area contributed by atoms with Crippen LogP contribution in [0.25, 0.3) is 11.2 Å². The van der Waals surface area contributed by atoms with Crippen LogP contribution in [0.3, 0.4) is 0 Å². The van der Waals surface area contributed by atoms with E-state index in [1.165, 1.54) is 18.5 Å². The van der Waals surface area contributed by atoms with Gasteiger partial charge in [0.15, 0.2) is 11.2 Å². The molecule has 9 heteroatoms. The molecule has 26 heavy (non-hydrogen) atoms. The zero-order chi connectivity index (χ0) is 18.5. The number of amides is 1. The summed E-state index contributed by atoms with van der Waals surface area (Å²) in [5.41, 5.74) is 1.28. The molecular formula is C17H17N5O4. The predicted octanol–water partition coefficient (Wildman–Crippen LogP) is 1.63. The van der Waals surface area contributed by atoms with E-state index in [4.69, 9.17) is 5.11 Å². The first-order valence-corrected chi connectivity index (χ1v) is 8.06. The van der Waals surface area contributed by atoms with E-state index in [9.17, 15) is 14.4 Å². The van der Waals surface area contributed by atoms with E-state index in [1.54, 1.807) is 23.0 Å². The number of unbranched alkanes of at least 4 members (excludes halogenated alkanes) is 1. The lowest BCUT2D eigenvalue weighted by Crippen LogP contribution is -2.12. The highest BCUT2D eigenvalue weighted by molar-refractivity contribution is 5.92. The van der Waals surface area contributed by atoms with Gasteiger partial charge in [0.25, 0.3) is 5.56 Å². The SMILES string of the molecule is O=C(CCCCn1cnc2c(=O)[nH]cnc21)Nc1ccc(C(=O)O)cc1. The highest BCUT2D eigenvalue weighted by Crippen LogP contribution is 2.11. The molecule has 0 bridgehead atoms. The molecule has 0 aliphatic rings. The third-order valence-corrected chi connectivity index (χ3v) is 3.88. The lowest BCUT2D eigenvalue weighted by Gasteiger charge is -2.06. The van der Waals surface area contributed by atoms with Crippen molar-refractivity contribution in [1.82, 2.24) is 19.5 Å². The average Bonchev–Trinajstić information content (AvgIpc) is 3.04. The summed E-state index contributed by atoms with van der Waals surface area (Å²) in [5.74, 6) is -1.15. The highest BCUT2D eigenvalue weighted by atomic mass is 16.4. The molecule has 0 saturated heterocycles. The predicted molar refractivity (Wildman–Crippen MR) is 94.0 cm³/mol. The van der Waals surface area contributed by atoms with E-state index in [2.05, 4.69) is 20.3 Å². The minimum Gasteiger partial charge on any atom is -0.478 e. The summed E-state index contributed by atoms with van der Waals surface area (Å²) in [7, 11) is 0. The Morgan fingerprint density at radius 2 is 1.92 bits per heavy atom. The summed E-state index contributed by atoms with van der Waals surface area (Å²) in [6, 6.07) is 6.00. The third-order valence-electron chi connectivity index (χ3n) is 3.88. The number of hydrogen-bond donors (Lipinski definition) is 3. The Morgan fingerprint density at radius 1 is 1.15 bits per heavy atom. The molecule has 0 radical (unpaired) electrons. The molecule has 0 fully saturated rings. The van der Waals surface area contributed by atoms with Crippen molar-refractivity contribution in [3.05, 3.63) is 52.8 Å². The Hall–Kier alpha value is -3.49. The first kappa shape index (κ1) is 17.3. The number of fused-ring (bicyclic) bond motifs is 1. The number of aryl methyl sites for hydroxylation is 1. The molecule has 134 valence electrons. The van der Waals surface area contributed by atoms with Gasteiger partial charge in [0, 0.05) is 18.7 Å². The van der Waals surface area contributed by atoms with Gasteiger partial charge in [0.2, 0.25) is 5.91 Å². The number of nitrogens with zero attached hydrogens (tertiary/aromatic N) is 3. The van der Waals surface area contributed by atoms with Crippen molar-refractivity contribution in [3.8, 4) is 0 Å². The monoisotopic (exact) mass is 355 g/mol. The van der Waals surface area contributed by atoms with E-state index < -0.39 is 5.97 Å². The molecule has 0 unspecified atom stereocenters. The van der Waals surface area contributed by atoms with Crippen LogP contribution in [0, 0.1) is 0 Å². The summed E-state index contributed by atoms with van der Waals surface area (Å²) in [6.07, 6.45) is 4.62. The van der Waals surface area contributed by atoms with Crippen molar-refractivity contribution in [2.75, 3.05) is 5.32 Å². The molecule has 0 aliphatic carbocycles. The fourth-order valence-corrected chi connectivity index (χ4v) is 2.54. The molecule has 0 saturated carbocycles. The Bertz CT molecular complexity index is 990. The minimum atomic E-state index is -1.01. The maximum absolute atomic E-state index is 11.9. The van der Waals surface area contributed by atoms with Gasteiger partial charge < -0.3 is 20.0 Å². The number of hydrogen-bond acceptors (Lipinski definition) is 5. The second-order valence-electron chi connectivity index (χ2n) is 5.73. The van der Waals surface area contributed by atoms with Gasteiger partial charge >= 0.3 is 5.97 Å². The number of anilines is 1. The van der Waals surface area contributed by atoms with Crippen molar-refractivity contribution < 1.29 is 14.7 Å². The van der Waals surface area contributed by atoms with Crippen LogP contribution in [0.15, 0.2) is 41.7 Å². The van der Waals surface area contributed by atoms with Crippen LogP contribution >= 0.6 is 0 Å². The van der Waals surface area contributed by atoms with Crippen LogP contribution in [0.2, 0.25) is 0 Å². The molecule has 0 aliphatic heterocycles. The average molecular weight is 355 g/mol. The minimum absolute atomic E-state index is 0.141. The largest absolute Gasteiger partial charge is 0.478 e. The number of carbonyl (C=O) groups excluding carboxylic acids is 1. The summed E-state index contributed by atoms with van der Waals surface area (Å²) >= 11 is 0. The van der Waals surface area contributed by atoms with Gasteiger partial charge in [-0.3, -0.25) is 9.59 Å². The van der Waals surface area contributed by atoms with E-state index in [0.717, 1.165) is 6.42 Å². The number of carboxylic acids is 1. The van der Waals surface area contributed by atoms with Crippen LogP contribution in [-0.4, -0.2) is 36.5 Å². The number of aromatic amines is 1. The first-order chi connectivity index (χ1) is 12.5. The number of nitrogens with one attached hydrogen (secondary N) is 2. The fourth-order valence-electron chi connectivity index (χ4n) is 2.54. The zero-order valence-corrected chi connectivity index (χ0v) is 13.8. The third kappa shape index (κ3) is 3.94. The van der Waals surface area contributed by atoms with Crippen LogP contribution in [0.4, 0.5) is 5.69 Å². The van der Waals surface area contributed by atoms with E-state index in [0.29, 0.717) is 36.2 Å². The molecule has 1 amide bonds. The van der Waals surface area contributed by atoms with Crippen LogP contribution < -0.4 is 10.9 Å². The van der Waals surface area contributed by atoms with Crippen LogP contribution in [-0.2, 0) is 11.3 Å². The maximum Gasteiger partial charge on any atom is 0.335 e. The lowest BCUT2D eigenvalue weighted by atomic mass is 10.2. The lowest BCUT2D eigenvalue weighted by molar-refractivity contribution is -0.116. The molecule has 1 aromatic carbocycles. The smallest absolute Gasteiger partial charge is 0.335 e. The number of carbonyl (C=O) groups is 2. The number of aromatic carboxylic acids is 1. The summed E-state index contributed by atoms with van der Waals surface area (Å²) in [6.45, 7) is 0.605. The van der Waals surface area contributed by atoms with Crippen molar-refractivity contribution >= 4 is 28.7 Å². The molecule has 0 spiro atoms. The van der Waals surface area contributed by atoms with Gasteiger partial charge in [-0.15, -0.1) is 0 Å². The van der Waals surface area contributed by atoms with E-state index >= 15 is 0 Å². The van der Waals surface area contributed by atoms with Gasteiger partial charge in [-0.25, -0.2) is 14.8 Å². The first-order valence-electron chi connectivity index (χ1n) is 8.06. The van der Waals surface area contributed by atoms with Crippen LogP contribution in [0.1, 0.15) is 29.6 Å². The quantitative estimate of drug-likeness (QED) is 0.552. The van der Waals surface area contributed by atoms with Crippen molar-refractivity contribution in [3.63, 3.8) is 0 Å². The molecular weight excluding hydrogens is 338 g/mol. The molecule has 2 aromatic heterocycles. The molecule has 2 heterocycles. The summed E-state index contributed by atoms with van der Waals surface area (Å²) < 4.78 is 1.78. The summed E-state index contributed by atoms with van der Waals surface area (Å²) in [4.78, 5) is 45.0. The number of benzene rings is 1. The Morgan fingerprint density at radius 3 is 2.65 bits per heavy atom. The Kier molecular flexibility index (Phi) is 5.07. The van der Waals surface area contributed by atoms with Gasteiger partial charge in [-0.05, 0) is 37.1 Å². The van der Waals surface area contributed by atoms with E-state index in [-0.39, 0.29) is 17.0 Å². The molecule has 3 aromatic rings. The van der Waals surface area contributed by atoms with Gasteiger partial charge in [-0.2, -0.15) is 0 Å². The standard InChI is InChI=1S/C17H17N5O4/c23-13(21-12-6-4-11(5-7-12)17(25)26)3-1-2-8-22-10-20-14-15(22)18-9-19-16(14)24/h4-7,9-10H,1-3,8H2,(H,21,23)(H,25,26)(H,18,19,24). The Balaban J connectivity index is 1.47. The number of aromatic nitrogens is 4. The van der Waals surface area contributed by atoms with Crippen molar-refractivity contribution in [2.24, 2.45) is 0 Å². The molecule has 3 rings (SSSR count). The number of rotatable bonds is 7. The highest BCUT2D eigenvalue weighted by Gasteiger charge is 2.08. The van der Waals surface area contributed by atoms with Gasteiger partial charge in [0.05, 0.1) is 18.2 Å². The molecule has 9 nitrogen and oxygen atoms in total. The van der Waals surface area contributed by atoms with Crippen LogP contribution in [0.5, 0.6) is 0 Å². The Labute approximate surface area is 147 Å². The van der Waals surface area contributed by atoms with E-state index in [1.807, 2.05) is 0 Å². The van der Waals surface area contributed by atoms with Crippen molar-refractivity contribution in [2.45, 2.75) is 25.8 Å². The van der Waals surface area contributed by atoms with Gasteiger partial charge in [0.1, 0.15) is 0 Å². The summed E-state index contributed by atoms with van der Waals surface area (Å²) in [5, 5.41) is 11.6. The fraction of sp³-hybridized carbons (Fsp3) is 0.235. The molecule has 0 atom stereocenters. The second-order valence-corrected chi connectivity index (χ2v) is 5.73. The maximum atomic E-state index is 11.9. The van der Waals surface area contributed by atoms with Gasteiger partial charge in [-0.1, -0.05) is 0 Å². The normalized spacial score (nSPS) is 10.8.